The van der Waals surface area contributed by atoms with Gasteiger partial charge in [0, 0.05) is 22.0 Å². The van der Waals surface area contributed by atoms with Crippen LogP contribution in [-0.4, -0.2) is 15.2 Å². The summed E-state index contributed by atoms with van der Waals surface area (Å²) in [6.07, 6.45) is -0.335. The Labute approximate surface area is 187 Å². The molecule has 0 spiro atoms. The van der Waals surface area contributed by atoms with Gasteiger partial charge in [0.2, 0.25) is 17.3 Å². The minimum atomic E-state index is -0.335. The molecule has 2 aromatic heterocycles. The van der Waals surface area contributed by atoms with Crippen LogP contribution in [0.1, 0.15) is 22.2 Å². The van der Waals surface area contributed by atoms with Crippen molar-refractivity contribution in [2.45, 2.75) is 24.1 Å². The lowest BCUT2D eigenvalue weighted by molar-refractivity contribution is 0.228. The third-order valence-electron chi connectivity index (χ3n) is 4.75. The molecule has 1 atom stereocenters. The predicted molar refractivity (Wildman–Crippen MR) is 122 cm³/mol. The molecule has 0 fully saturated rings. The van der Waals surface area contributed by atoms with Crippen LogP contribution in [0.5, 0.6) is 5.88 Å². The monoisotopic (exact) mass is 452 g/mol. The Morgan fingerprint density at radius 2 is 1.93 bits per heavy atom. The SMILES string of the molecule is Cc1ccsc1[C@H]1Nc2ccccc2-c2nnc(SCc3ccc(Cl)cc3)nc2O1. The number of nitrogens with zero attached hydrogens (tertiary/aromatic N) is 3. The van der Waals surface area contributed by atoms with Gasteiger partial charge in [0.15, 0.2) is 5.69 Å². The number of thiophene rings is 1. The number of hydrogen-bond donors (Lipinski definition) is 1. The van der Waals surface area contributed by atoms with Gasteiger partial charge >= 0.3 is 0 Å². The first-order valence-electron chi connectivity index (χ1n) is 9.36. The minimum absolute atomic E-state index is 0.335. The first kappa shape index (κ1) is 19.4. The molecule has 8 heteroatoms. The van der Waals surface area contributed by atoms with Crippen LogP contribution >= 0.6 is 34.7 Å². The number of nitrogens with one attached hydrogen (secondary N) is 1. The summed E-state index contributed by atoms with van der Waals surface area (Å²) < 4.78 is 6.33. The summed E-state index contributed by atoms with van der Waals surface area (Å²) in [4.78, 5) is 5.82. The van der Waals surface area contributed by atoms with Crippen LogP contribution in [0.2, 0.25) is 5.02 Å². The lowest BCUT2D eigenvalue weighted by Crippen LogP contribution is -2.16. The molecule has 0 amide bonds. The molecule has 0 bridgehead atoms. The molecule has 0 saturated heterocycles. The molecule has 4 aromatic rings. The number of fused-ring (bicyclic) bond motifs is 3. The van der Waals surface area contributed by atoms with Crippen molar-refractivity contribution in [1.82, 2.24) is 15.2 Å². The number of aryl methyl sites for hydroxylation is 1. The summed E-state index contributed by atoms with van der Waals surface area (Å²) >= 11 is 9.15. The summed E-state index contributed by atoms with van der Waals surface area (Å²) in [5, 5.41) is 15.7. The lowest BCUT2D eigenvalue weighted by atomic mass is 10.1. The number of ether oxygens (including phenoxy) is 1. The molecule has 3 heterocycles. The van der Waals surface area contributed by atoms with Gasteiger partial charge in [-0.2, -0.15) is 4.98 Å². The second-order valence-corrected chi connectivity index (χ2v) is 9.15. The van der Waals surface area contributed by atoms with E-state index in [4.69, 9.17) is 21.3 Å². The van der Waals surface area contributed by atoms with E-state index < -0.39 is 0 Å². The van der Waals surface area contributed by atoms with Crippen LogP contribution in [-0.2, 0) is 5.75 Å². The predicted octanol–water partition coefficient (Wildman–Crippen LogP) is 6.36. The number of anilines is 1. The summed E-state index contributed by atoms with van der Waals surface area (Å²) in [7, 11) is 0. The van der Waals surface area contributed by atoms with Crippen LogP contribution in [0.15, 0.2) is 65.1 Å². The summed E-state index contributed by atoms with van der Waals surface area (Å²) in [6, 6.07) is 17.9. The molecule has 0 unspecified atom stereocenters. The van der Waals surface area contributed by atoms with Crippen molar-refractivity contribution in [3.8, 4) is 17.1 Å². The van der Waals surface area contributed by atoms with Gasteiger partial charge in [-0.05, 0) is 47.7 Å². The van der Waals surface area contributed by atoms with Gasteiger partial charge in [0.25, 0.3) is 0 Å². The van der Waals surface area contributed by atoms with Gasteiger partial charge in [-0.1, -0.05) is 53.7 Å². The van der Waals surface area contributed by atoms with Crippen molar-refractivity contribution in [2.75, 3.05) is 5.32 Å². The maximum Gasteiger partial charge on any atom is 0.247 e. The van der Waals surface area contributed by atoms with Crippen LogP contribution < -0.4 is 10.1 Å². The fraction of sp³-hybridized carbons (Fsp3) is 0.136. The molecular weight excluding hydrogens is 436 g/mol. The lowest BCUT2D eigenvalue weighted by Gasteiger charge is -2.18. The molecule has 0 saturated carbocycles. The molecule has 1 aliphatic heterocycles. The van der Waals surface area contributed by atoms with Crippen LogP contribution in [0, 0.1) is 6.92 Å². The van der Waals surface area contributed by atoms with Crippen molar-refractivity contribution in [2.24, 2.45) is 0 Å². The van der Waals surface area contributed by atoms with Gasteiger partial charge in [-0.3, -0.25) is 0 Å². The number of aromatic nitrogens is 3. The van der Waals surface area contributed by atoms with Crippen LogP contribution in [0.4, 0.5) is 5.69 Å². The largest absolute Gasteiger partial charge is 0.447 e. The van der Waals surface area contributed by atoms with E-state index in [1.54, 1.807) is 11.3 Å². The Morgan fingerprint density at radius 3 is 2.73 bits per heavy atom. The summed E-state index contributed by atoms with van der Waals surface area (Å²) in [5.41, 5.74) is 4.84. The number of para-hydroxylation sites is 1. The zero-order valence-corrected chi connectivity index (χ0v) is 18.4. The third-order valence-corrected chi connectivity index (χ3v) is 6.98. The highest BCUT2D eigenvalue weighted by molar-refractivity contribution is 7.98. The molecule has 5 rings (SSSR count). The summed E-state index contributed by atoms with van der Waals surface area (Å²) in [5.74, 6) is 1.21. The van der Waals surface area contributed by atoms with Gasteiger partial charge in [-0.25, -0.2) is 0 Å². The van der Waals surface area contributed by atoms with Crippen molar-refractivity contribution in [3.05, 3.63) is 81.0 Å². The van der Waals surface area contributed by atoms with E-state index in [0.29, 0.717) is 16.7 Å². The third kappa shape index (κ3) is 3.88. The Bertz CT molecular complexity index is 1200. The Balaban J connectivity index is 1.48. The van der Waals surface area contributed by atoms with E-state index in [9.17, 15) is 0 Å². The normalized spacial score (nSPS) is 14.8. The van der Waals surface area contributed by atoms with Crippen LogP contribution in [0.3, 0.4) is 0 Å². The highest BCUT2D eigenvalue weighted by Gasteiger charge is 2.27. The molecule has 0 aliphatic carbocycles. The van der Waals surface area contributed by atoms with Gasteiger partial charge in [0.05, 0.1) is 4.88 Å². The van der Waals surface area contributed by atoms with Crippen molar-refractivity contribution in [3.63, 3.8) is 0 Å². The van der Waals surface area contributed by atoms with E-state index in [1.807, 2.05) is 48.5 Å². The highest BCUT2D eigenvalue weighted by atomic mass is 35.5. The van der Waals surface area contributed by atoms with E-state index >= 15 is 0 Å². The summed E-state index contributed by atoms with van der Waals surface area (Å²) in [6.45, 7) is 2.08. The maximum atomic E-state index is 6.33. The van der Waals surface area contributed by atoms with Crippen LogP contribution in [0.25, 0.3) is 11.3 Å². The Kier molecular flexibility index (Phi) is 5.33. The smallest absolute Gasteiger partial charge is 0.247 e. The zero-order valence-electron chi connectivity index (χ0n) is 16.0. The molecular formula is C22H17ClN4OS2. The molecule has 2 aromatic carbocycles. The van der Waals surface area contributed by atoms with Crippen molar-refractivity contribution in [1.29, 1.82) is 0 Å². The van der Waals surface area contributed by atoms with Gasteiger partial charge in [-0.15, -0.1) is 21.5 Å². The van der Waals surface area contributed by atoms with E-state index in [0.717, 1.165) is 32.5 Å². The maximum absolute atomic E-state index is 6.33. The highest BCUT2D eigenvalue weighted by Crippen LogP contribution is 2.41. The van der Waals surface area contributed by atoms with E-state index in [-0.39, 0.29) is 6.23 Å². The van der Waals surface area contributed by atoms with E-state index in [1.165, 1.54) is 17.3 Å². The number of halogens is 1. The molecule has 1 N–H and O–H groups in total. The molecule has 30 heavy (non-hydrogen) atoms. The average Bonchev–Trinajstić information content (AvgIpc) is 3.12. The first-order chi connectivity index (χ1) is 14.7. The van der Waals surface area contributed by atoms with Gasteiger partial charge in [0.1, 0.15) is 0 Å². The fourth-order valence-corrected chi connectivity index (χ4v) is 4.97. The molecule has 0 radical (unpaired) electrons. The number of benzene rings is 2. The number of hydrogen-bond acceptors (Lipinski definition) is 7. The van der Waals surface area contributed by atoms with Crippen molar-refractivity contribution < 1.29 is 4.74 Å². The molecule has 150 valence electrons. The fourth-order valence-electron chi connectivity index (χ4n) is 3.21. The number of rotatable bonds is 4. The average molecular weight is 453 g/mol. The first-order valence-corrected chi connectivity index (χ1v) is 11.6. The standard InChI is InChI=1S/C22H17ClN4OS2/c1-13-10-11-29-19(13)21-24-17-5-3-2-4-16(17)18-20(28-21)25-22(27-26-18)30-12-14-6-8-15(23)9-7-14/h2-11,21,24H,12H2,1H3/t21-/m0/s1. The number of thioether (sulfide) groups is 1. The second kappa shape index (κ2) is 8.26. The second-order valence-electron chi connectivity index (χ2n) is 6.82. The van der Waals surface area contributed by atoms with Gasteiger partial charge < -0.3 is 10.1 Å². The zero-order chi connectivity index (χ0) is 20.5. The Hall–Kier alpha value is -2.61. The van der Waals surface area contributed by atoms with E-state index in [2.05, 4.69) is 33.9 Å². The quantitative estimate of drug-likeness (QED) is 0.363. The molecule has 5 nitrogen and oxygen atoms in total. The molecule has 1 aliphatic rings. The minimum Gasteiger partial charge on any atom is -0.447 e. The van der Waals surface area contributed by atoms with Crippen molar-refractivity contribution >= 4 is 40.4 Å². The topological polar surface area (TPSA) is 59.9 Å². The Morgan fingerprint density at radius 1 is 1.10 bits per heavy atom.